The fourth-order valence-corrected chi connectivity index (χ4v) is 3.76. The van der Waals surface area contributed by atoms with Crippen molar-refractivity contribution in [3.63, 3.8) is 0 Å². The van der Waals surface area contributed by atoms with Gasteiger partial charge in [0, 0.05) is 40.4 Å². The number of H-pyrrole nitrogens is 1. The van der Waals surface area contributed by atoms with Crippen molar-refractivity contribution in [2.24, 2.45) is 0 Å². The quantitative estimate of drug-likeness (QED) is 0.351. The monoisotopic (exact) mass is 456 g/mol. The van der Waals surface area contributed by atoms with Gasteiger partial charge in [0.25, 0.3) is 0 Å². The number of aromatic amines is 1. The van der Waals surface area contributed by atoms with Gasteiger partial charge in [0.1, 0.15) is 29.9 Å². The van der Waals surface area contributed by atoms with Crippen molar-refractivity contribution < 1.29 is 23.7 Å². The second-order valence-corrected chi connectivity index (χ2v) is 7.52. The normalized spacial score (nSPS) is 12.1. The summed E-state index contributed by atoms with van der Waals surface area (Å²) in [7, 11) is 1.59. The molecule has 32 heavy (non-hydrogen) atoms. The van der Waals surface area contributed by atoms with Gasteiger partial charge in [0.2, 0.25) is 0 Å². The van der Waals surface area contributed by atoms with Crippen LogP contribution in [0.15, 0.2) is 54.9 Å². The van der Waals surface area contributed by atoms with Gasteiger partial charge in [-0.2, -0.15) is 0 Å². The zero-order chi connectivity index (χ0) is 22.7. The molecule has 0 radical (unpaired) electrons. The van der Waals surface area contributed by atoms with Gasteiger partial charge in [0.05, 0.1) is 12.8 Å². The second kappa shape index (κ2) is 9.46. The van der Waals surface area contributed by atoms with E-state index in [0.29, 0.717) is 34.3 Å². The summed E-state index contributed by atoms with van der Waals surface area (Å²) in [5, 5.41) is 11.0. The number of methoxy groups -OCH3 is 1. The van der Waals surface area contributed by atoms with Crippen LogP contribution in [-0.2, 0) is 11.3 Å². The zero-order valence-electron chi connectivity index (χ0n) is 17.6. The molecule has 0 bridgehead atoms. The molecule has 0 saturated carbocycles. The lowest BCUT2D eigenvalue weighted by molar-refractivity contribution is 0.133. The van der Waals surface area contributed by atoms with Crippen LogP contribution in [0.3, 0.4) is 0 Å². The van der Waals surface area contributed by atoms with E-state index in [1.807, 2.05) is 19.1 Å². The zero-order valence-corrected chi connectivity index (χ0v) is 18.3. The van der Waals surface area contributed by atoms with E-state index in [4.69, 9.17) is 25.8 Å². The number of benzene rings is 2. The molecule has 0 spiro atoms. The molecule has 8 heteroatoms. The Hall–Kier alpha value is -3.29. The molecule has 1 unspecified atom stereocenters. The molecule has 2 heterocycles. The smallest absolute Gasteiger partial charge is 0.167 e. The number of pyridine rings is 1. The first-order chi connectivity index (χ1) is 15.5. The van der Waals surface area contributed by atoms with Crippen LogP contribution in [-0.4, -0.2) is 28.8 Å². The standard InChI is InChI=1S/C24H22ClFN2O4/c1-3-31-23-17(22(30-2)19-12-28-24-18(19)10-16(29)11-27-24)5-4-6-21(23)32-13-14-7-8-15(25)9-20(14)26/h4-12,22,29H,3,13H2,1-2H3,(H,27,28). The lowest BCUT2D eigenvalue weighted by Gasteiger charge is -2.21. The molecule has 0 fully saturated rings. The molecular formula is C24H22ClFN2O4. The van der Waals surface area contributed by atoms with Crippen molar-refractivity contribution in [3.05, 3.63) is 82.4 Å². The number of nitrogens with zero attached hydrogens (tertiary/aromatic N) is 1. The predicted molar refractivity (Wildman–Crippen MR) is 120 cm³/mol. The van der Waals surface area contributed by atoms with E-state index in [2.05, 4.69) is 9.97 Å². The molecule has 1 atom stereocenters. The first-order valence-electron chi connectivity index (χ1n) is 10.0. The third-order valence-electron chi connectivity index (χ3n) is 5.05. The molecule has 0 saturated heterocycles. The average Bonchev–Trinajstić information content (AvgIpc) is 3.18. The minimum Gasteiger partial charge on any atom is -0.506 e. The summed E-state index contributed by atoms with van der Waals surface area (Å²) in [4.78, 5) is 7.30. The molecule has 0 amide bonds. The highest BCUT2D eigenvalue weighted by atomic mass is 35.5. The fraction of sp³-hybridized carbons (Fsp3) is 0.208. The van der Waals surface area contributed by atoms with Crippen molar-refractivity contribution in [1.82, 2.24) is 9.97 Å². The minimum absolute atomic E-state index is 0.00898. The van der Waals surface area contributed by atoms with Crippen LogP contribution in [0.25, 0.3) is 11.0 Å². The van der Waals surface area contributed by atoms with E-state index >= 15 is 0 Å². The van der Waals surface area contributed by atoms with Crippen LogP contribution < -0.4 is 9.47 Å². The lowest BCUT2D eigenvalue weighted by Crippen LogP contribution is -2.08. The van der Waals surface area contributed by atoms with Crippen molar-refractivity contribution in [2.75, 3.05) is 13.7 Å². The highest BCUT2D eigenvalue weighted by molar-refractivity contribution is 6.30. The van der Waals surface area contributed by atoms with Crippen LogP contribution in [0.1, 0.15) is 29.7 Å². The highest BCUT2D eigenvalue weighted by Crippen LogP contribution is 2.41. The minimum atomic E-state index is -0.523. The SMILES string of the molecule is CCOc1c(OCc2ccc(Cl)cc2F)cccc1C(OC)c1c[nH]c2ncc(O)cc12. The molecule has 2 aromatic heterocycles. The number of ether oxygens (including phenoxy) is 3. The lowest BCUT2D eigenvalue weighted by atomic mass is 10.00. The van der Waals surface area contributed by atoms with Gasteiger partial charge in [-0.3, -0.25) is 0 Å². The first-order valence-corrected chi connectivity index (χ1v) is 10.4. The number of fused-ring (bicyclic) bond motifs is 1. The predicted octanol–water partition coefficient (Wildman–Crippen LogP) is 5.77. The van der Waals surface area contributed by atoms with Gasteiger partial charge >= 0.3 is 0 Å². The Morgan fingerprint density at radius 1 is 1.16 bits per heavy atom. The number of hydrogen-bond donors (Lipinski definition) is 2. The van der Waals surface area contributed by atoms with Gasteiger partial charge in [-0.05, 0) is 31.2 Å². The van der Waals surface area contributed by atoms with E-state index in [1.165, 1.54) is 12.3 Å². The van der Waals surface area contributed by atoms with E-state index in [-0.39, 0.29) is 12.4 Å². The van der Waals surface area contributed by atoms with Crippen molar-refractivity contribution in [3.8, 4) is 17.2 Å². The van der Waals surface area contributed by atoms with E-state index in [1.54, 1.807) is 37.6 Å². The number of aromatic hydroxyl groups is 1. The maximum atomic E-state index is 14.2. The summed E-state index contributed by atoms with van der Waals surface area (Å²) >= 11 is 5.83. The summed E-state index contributed by atoms with van der Waals surface area (Å²) in [6.45, 7) is 2.28. The number of hydrogen-bond acceptors (Lipinski definition) is 5. The van der Waals surface area contributed by atoms with Crippen molar-refractivity contribution >= 4 is 22.6 Å². The van der Waals surface area contributed by atoms with Gasteiger partial charge in [-0.1, -0.05) is 29.8 Å². The largest absolute Gasteiger partial charge is 0.506 e. The molecule has 6 nitrogen and oxygen atoms in total. The summed E-state index contributed by atoms with van der Waals surface area (Å²) in [5.74, 6) is 0.577. The summed E-state index contributed by atoms with van der Waals surface area (Å²) < 4.78 is 31.9. The Morgan fingerprint density at radius 2 is 2.00 bits per heavy atom. The number of nitrogens with one attached hydrogen (secondary N) is 1. The molecule has 0 aliphatic carbocycles. The Labute approximate surface area is 189 Å². The number of rotatable bonds is 8. The topological polar surface area (TPSA) is 76.6 Å². The maximum Gasteiger partial charge on any atom is 0.167 e. The fourth-order valence-electron chi connectivity index (χ4n) is 3.60. The third kappa shape index (κ3) is 4.35. The molecule has 0 aliphatic rings. The van der Waals surface area contributed by atoms with Gasteiger partial charge in [-0.15, -0.1) is 0 Å². The Kier molecular flexibility index (Phi) is 6.48. The van der Waals surface area contributed by atoms with Crippen LogP contribution in [0.2, 0.25) is 5.02 Å². The van der Waals surface area contributed by atoms with Crippen LogP contribution in [0.4, 0.5) is 4.39 Å². The molecule has 166 valence electrons. The second-order valence-electron chi connectivity index (χ2n) is 7.08. The molecule has 0 aliphatic heterocycles. The summed E-state index contributed by atoms with van der Waals surface area (Å²) in [6, 6.07) is 11.5. The van der Waals surface area contributed by atoms with Gasteiger partial charge < -0.3 is 24.3 Å². The van der Waals surface area contributed by atoms with Gasteiger partial charge in [0.15, 0.2) is 11.5 Å². The molecule has 2 N–H and O–H groups in total. The van der Waals surface area contributed by atoms with E-state index in [0.717, 1.165) is 16.5 Å². The molecular weight excluding hydrogens is 435 g/mol. The van der Waals surface area contributed by atoms with Crippen LogP contribution >= 0.6 is 11.6 Å². The molecule has 4 rings (SSSR count). The van der Waals surface area contributed by atoms with E-state index < -0.39 is 11.9 Å². The van der Waals surface area contributed by atoms with Crippen LogP contribution in [0.5, 0.6) is 17.2 Å². The average molecular weight is 457 g/mol. The first kappa shape index (κ1) is 21.9. The van der Waals surface area contributed by atoms with Crippen LogP contribution in [0, 0.1) is 5.82 Å². The Morgan fingerprint density at radius 3 is 2.75 bits per heavy atom. The summed E-state index contributed by atoms with van der Waals surface area (Å²) in [6.07, 6.45) is 2.64. The Bertz CT molecular complexity index is 1240. The maximum absolute atomic E-state index is 14.2. The number of aromatic nitrogens is 2. The number of para-hydroxylation sites is 1. The molecule has 4 aromatic rings. The van der Waals surface area contributed by atoms with Gasteiger partial charge in [-0.25, -0.2) is 9.37 Å². The third-order valence-corrected chi connectivity index (χ3v) is 5.28. The van der Waals surface area contributed by atoms with Crippen molar-refractivity contribution in [2.45, 2.75) is 19.6 Å². The van der Waals surface area contributed by atoms with Crippen molar-refractivity contribution in [1.29, 1.82) is 0 Å². The highest BCUT2D eigenvalue weighted by Gasteiger charge is 2.24. The number of halogens is 2. The molecule has 2 aromatic carbocycles. The Balaban J connectivity index is 1.72. The summed E-state index contributed by atoms with van der Waals surface area (Å²) in [5.41, 5.74) is 2.52. The van der Waals surface area contributed by atoms with E-state index in [9.17, 15) is 9.50 Å².